The number of carbonyl (C=O) groups is 1. The predicted molar refractivity (Wildman–Crippen MR) is 37.7 cm³/mol. The lowest BCUT2D eigenvalue weighted by Crippen LogP contribution is -2.29. The molecule has 1 aliphatic carbocycles. The van der Waals surface area contributed by atoms with Gasteiger partial charge in [-0.2, -0.15) is 0 Å². The van der Waals surface area contributed by atoms with Crippen LogP contribution in [0.3, 0.4) is 0 Å². The van der Waals surface area contributed by atoms with Gasteiger partial charge in [-0.1, -0.05) is 0 Å². The van der Waals surface area contributed by atoms with E-state index in [1.165, 1.54) is 0 Å². The van der Waals surface area contributed by atoms with Crippen molar-refractivity contribution in [3.05, 3.63) is 0 Å². The third-order valence-corrected chi connectivity index (χ3v) is 1.29. The van der Waals surface area contributed by atoms with Crippen LogP contribution in [-0.2, 0) is 4.79 Å². The summed E-state index contributed by atoms with van der Waals surface area (Å²) < 4.78 is 0. The fraction of sp³-hybridized carbons (Fsp3) is 0.667. The Kier molecular flexibility index (Phi) is 1.89. The molecule has 0 aromatic heterocycles. The van der Waals surface area contributed by atoms with E-state index in [1.807, 2.05) is 0 Å². The molecule has 1 fully saturated rings. The van der Waals surface area contributed by atoms with Crippen molar-refractivity contribution in [1.82, 2.24) is 5.32 Å². The first-order chi connectivity index (χ1) is 4.68. The zero-order chi connectivity index (χ0) is 7.56. The molecule has 0 bridgehead atoms. The summed E-state index contributed by atoms with van der Waals surface area (Å²) in [6.45, 7) is 0. The highest BCUT2D eigenvalue weighted by molar-refractivity contribution is 5.97. The van der Waals surface area contributed by atoms with E-state index >= 15 is 0 Å². The lowest BCUT2D eigenvalue weighted by atomic mass is 10.4. The van der Waals surface area contributed by atoms with Crippen LogP contribution in [0.15, 0.2) is 0 Å². The molecule has 4 nitrogen and oxygen atoms in total. The van der Waals surface area contributed by atoms with Crippen molar-refractivity contribution in [3.8, 4) is 0 Å². The molecule has 4 N–H and O–H groups in total. The topological polar surface area (TPSA) is 79.0 Å². The van der Waals surface area contributed by atoms with Crippen LogP contribution in [0.25, 0.3) is 0 Å². The maximum atomic E-state index is 10.8. The summed E-state index contributed by atoms with van der Waals surface area (Å²) >= 11 is 0. The number of hydrogen-bond acceptors (Lipinski definition) is 2. The number of amides is 1. The molecule has 0 spiro atoms. The Bertz CT molecular complexity index is 162. The van der Waals surface area contributed by atoms with Crippen LogP contribution in [0, 0.1) is 5.41 Å². The molecule has 0 saturated heterocycles. The van der Waals surface area contributed by atoms with E-state index in [9.17, 15) is 4.79 Å². The van der Waals surface area contributed by atoms with Crippen molar-refractivity contribution in [1.29, 1.82) is 5.41 Å². The Morgan fingerprint density at radius 3 is 2.70 bits per heavy atom. The van der Waals surface area contributed by atoms with E-state index in [4.69, 9.17) is 11.1 Å². The zero-order valence-electron chi connectivity index (χ0n) is 5.68. The van der Waals surface area contributed by atoms with Crippen molar-refractivity contribution in [2.24, 2.45) is 5.73 Å². The second kappa shape index (κ2) is 2.68. The number of amidine groups is 1. The predicted octanol–water partition coefficient (Wildman–Crippen LogP) is -0.409. The van der Waals surface area contributed by atoms with Crippen LogP contribution < -0.4 is 11.1 Å². The van der Waals surface area contributed by atoms with E-state index in [1.54, 1.807) is 0 Å². The van der Waals surface area contributed by atoms with Crippen molar-refractivity contribution < 1.29 is 4.79 Å². The molecule has 0 aromatic carbocycles. The van der Waals surface area contributed by atoms with E-state index in [0.29, 0.717) is 6.04 Å². The normalized spacial score (nSPS) is 16.4. The lowest BCUT2D eigenvalue weighted by Gasteiger charge is -1.99. The Balaban J connectivity index is 2.14. The Morgan fingerprint density at radius 1 is 1.70 bits per heavy atom. The van der Waals surface area contributed by atoms with Gasteiger partial charge >= 0.3 is 0 Å². The summed E-state index contributed by atoms with van der Waals surface area (Å²) in [7, 11) is 0. The minimum absolute atomic E-state index is 0.0382. The molecule has 1 saturated carbocycles. The molecule has 1 rings (SSSR count). The van der Waals surface area contributed by atoms with Gasteiger partial charge in [0.2, 0.25) is 5.91 Å². The van der Waals surface area contributed by atoms with E-state index < -0.39 is 0 Å². The average Bonchev–Trinajstić information content (AvgIpc) is 2.46. The molecule has 1 amide bonds. The van der Waals surface area contributed by atoms with Crippen LogP contribution in [0.2, 0.25) is 0 Å². The van der Waals surface area contributed by atoms with E-state index in [2.05, 4.69) is 5.32 Å². The number of rotatable bonds is 3. The number of carbonyl (C=O) groups excluding carboxylic acids is 1. The summed E-state index contributed by atoms with van der Waals surface area (Å²) in [6.07, 6.45) is 2.18. The molecule has 56 valence electrons. The van der Waals surface area contributed by atoms with E-state index in [-0.39, 0.29) is 18.2 Å². The summed E-state index contributed by atoms with van der Waals surface area (Å²) in [5.74, 6) is -0.201. The minimum Gasteiger partial charge on any atom is -0.387 e. The summed E-state index contributed by atoms with van der Waals surface area (Å²) in [5, 5.41) is 9.53. The fourth-order valence-electron chi connectivity index (χ4n) is 0.679. The molecular weight excluding hydrogens is 130 g/mol. The molecule has 0 heterocycles. The maximum Gasteiger partial charge on any atom is 0.227 e. The van der Waals surface area contributed by atoms with Crippen molar-refractivity contribution >= 4 is 11.7 Å². The highest BCUT2D eigenvalue weighted by atomic mass is 16.1. The Hall–Kier alpha value is -1.06. The average molecular weight is 141 g/mol. The first-order valence-corrected chi connectivity index (χ1v) is 3.31. The Morgan fingerprint density at radius 2 is 2.30 bits per heavy atom. The molecule has 0 unspecified atom stereocenters. The lowest BCUT2D eigenvalue weighted by molar-refractivity contribution is -0.120. The zero-order valence-corrected chi connectivity index (χ0v) is 5.68. The third-order valence-electron chi connectivity index (χ3n) is 1.29. The highest BCUT2D eigenvalue weighted by Gasteiger charge is 2.22. The van der Waals surface area contributed by atoms with Crippen LogP contribution in [-0.4, -0.2) is 17.8 Å². The first kappa shape index (κ1) is 7.05. The van der Waals surface area contributed by atoms with Gasteiger partial charge in [0.15, 0.2) is 0 Å². The number of nitrogens with two attached hydrogens (primary N) is 1. The molecule has 10 heavy (non-hydrogen) atoms. The smallest absolute Gasteiger partial charge is 0.227 e. The van der Waals surface area contributed by atoms with Crippen LogP contribution in [0.1, 0.15) is 19.3 Å². The molecular formula is C6H11N3O. The van der Waals surface area contributed by atoms with Crippen molar-refractivity contribution in [2.75, 3.05) is 0 Å². The van der Waals surface area contributed by atoms with Gasteiger partial charge < -0.3 is 11.1 Å². The van der Waals surface area contributed by atoms with Crippen molar-refractivity contribution in [2.45, 2.75) is 25.3 Å². The quantitative estimate of drug-likeness (QED) is 0.369. The second-order valence-electron chi connectivity index (χ2n) is 2.54. The summed E-state index contributed by atoms with van der Waals surface area (Å²) in [4.78, 5) is 10.8. The van der Waals surface area contributed by atoms with Gasteiger partial charge in [-0.05, 0) is 12.8 Å². The first-order valence-electron chi connectivity index (χ1n) is 3.31. The monoisotopic (exact) mass is 141 g/mol. The van der Waals surface area contributed by atoms with Gasteiger partial charge in [-0.15, -0.1) is 0 Å². The van der Waals surface area contributed by atoms with Crippen LogP contribution in [0.4, 0.5) is 0 Å². The van der Waals surface area contributed by atoms with E-state index in [0.717, 1.165) is 12.8 Å². The van der Waals surface area contributed by atoms with Gasteiger partial charge in [0.25, 0.3) is 0 Å². The van der Waals surface area contributed by atoms with Crippen molar-refractivity contribution in [3.63, 3.8) is 0 Å². The Labute approximate surface area is 59.3 Å². The third kappa shape index (κ3) is 2.48. The standard InChI is InChI=1S/C6H11N3O/c7-5(8)3-6(10)9-4-1-2-4/h4H,1-3H2,(H3,7,8)(H,9,10). The summed E-state index contributed by atoms with van der Waals surface area (Å²) in [6, 6.07) is 0.367. The molecule has 4 heteroatoms. The highest BCUT2D eigenvalue weighted by Crippen LogP contribution is 2.18. The molecule has 0 aromatic rings. The van der Waals surface area contributed by atoms with Gasteiger partial charge in [-0.25, -0.2) is 0 Å². The largest absolute Gasteiger partial charge is 0.387 e. The van der Waals surface area contributed by atoms with Gasteiger partial charge in [-0.3, -0.25) is 10.2 Å². The fourth-order valence-corrected chi connectivity index (χ4v) is 0.679. The molecule has 0 atom stereocenters. The number of nitrogens with one attached hydrogen (secondary N) is 2. The number of hydrogen-bond donors (Lipinski definition) is 3. The molecule has 0 aliphatic heterocycles. The molecule has 0 radical (unpaired) electrons. The van der Waals surface area contributed by atoms with Crippen LogP contribution >= 0.6 is 0 Å². The van der Waals surface area contributed by atoms with Gasteiger partial charge in [0, 0.05) is 6.04 Å². The van der Waals surface area contributed by atoms with Gasteiger partial charge in [0.05, 0.1) is 12.3 Å². The molecule has 1 aliphatic rings. The van der Waals surface area contributed by atoms with Crippen LogP contribution in [0.5, 0.6) is 0 Å². The van der Waals surface area contributed by atoms with Gasteiger partial charge in [0.1, 0.15) is 0 Å². The minimum atomic E-state index is -0.130. The maximum absolute atomic E-state index is 10.8. The SMILES string of the molecule is N=C(N)CC(=O)NC1CC1. The second-order valence-corrected chi connectivity index (χ2v) is 2.54. The summed E-state index contributed by atoms with van der Waals surface area (Å²) in [5.41, 5.74) is 5.01.